The van der Waals surface area contributed by atoms with E-state index in [1.54, 1.807) is 0 Å². The number of benzene rings is 1. The first-order valence-corrected chi connectivity index (χ1v) is 4.58. The van der Waals surface area contributed by atoms with Crippen molar-refractivity contribution in [1.82, 2.24) is 4.98 Å². The molecule has 0 bridgehead atoms. The molecule has 1 aromatic carbocycles. The zero-order valence-corrected chi connectivity index (χ0v) is 8.24. The first kappa shape index (κ1) is 9.02. The number of oxazole rings is 1. The van der Waals surface area contributed by atoms with Crippen LogP contribution in [0.25, 0.3) is 11.1 Å². The predicted octanol–water partition coefficient (Wildman–Crippen LogP) is 2.24. The number of nitrogens with two attached hydrogens (primary N) is 1. The molecule has 4 nitrogen and oxygen atoms in total. The Morgan fingerprint density at radius 2 is 2.21 bits per heavy atom. The summed E-state index contributed by atoms with van der Waals surface area (Å²) in [4.78, 5) is 4.17. The number of aromatic nitrogens is 1. The highest BCUT2D eigenvalue weighted by molar-refractivity contribution is 5.75. The van der Waals surface area contributed by atoms with Gasteiger partial charge in [-0.05, 0) is 23.6 Å². The number of nitrogens with one attached hydrogen (secondary N) is 1. The van der Waals surface area contributed by atoms with Crippen LogP contribution in [0.2, 0.25) is 0 Å². The van der Waals surface area contributed by atoms with E-state index in [9.17, 15) is 0 Å². The molecule has 0 fully saturated rings. The highest BCUT2D eigenvalue weighted by Crippen LogP contribution is 2.23. The summed E-state index contributed by atoms with van der Waals surface area (Å²) in [5.74, 6) is 5.70. The van der Waals surface area contributed by atoms with E-state index in [4.69, 9.17) is 10.3 Å². The molecule has 74 valence electrons. The number of hydrogen-bond donors (Lipinski definition) is 2. The maximum atomic E-state index is 5.30. The van der Waals surface area contributed by atoms with Crippen LogP contribution >= 0.6 is 0 Å². The van der Waals surface area contributed by atoms with Crippen LogP contribution in [0.15, 0.2) is 22.6 Å². The summed E-state index contributed by atoms with van der Waals surface area (Å²) < 4.78 is 5.30. The monoisotopic (exact) mass is 191 g/mol. The fourth-order valence-corrected chi connectivity index (χ4v) is 1.37. The number of anilines is 1. The lowest BCUT2D eigenvalue weighted by Crippen LogP contribution is -2.06. The van der Waals surface area contributed by atoms with Crippen molar-refractivity contribution in [2.75, 3.05) is 5.43 Å². The van der Waals surface area contributed by atoms with Gasteiger partial charge in [0.1, 0.15) is 5.52 Å². The van der Waals surface area contributed by atoms with Crippen LogP contribution in [0, 0.1) is 0 Å². The standard InChI is InChI=1S/C10H13N3O/c1-6(2)7-3-4-9-8(5-7)12-10(13-11)14-9/h3-6H,11H2,1-2H3,(H,12,13). The highest BCUT2D eigenvalue weighted by Gasteiger charge is 2.06. The maximum Gasteiger partial charge on any atom is 0.310 e. The number of rotatable bonds is 2. The molecule has 1 heterocycles. The second-order valence-electron chi connectivity index (χ2n) is 3.55. The van der Waals surface area contributed by atoms with Crippen molar-refractivity contribution < 1.29 is 4.42 Å². The Labute approximate surface area is 82.1 Å². The Balaban J connectivity index is 2.54. The molecule has 2 aromatic rings. The second-order valence-corrected chi connectivity index (χ2v) is 3.55. The van der Waals surface area contributed by atoms with Gasteiger partial charge in [0.25, 0.3) is 0 Å². The first-order valence-electron chi connectivity index (χ1n) is 4.58. The molecule has 2 rings (SSSR count). The lowest BCUT2D eigenvalue weighted by atomic mass is 10.0. The van der Waals surface area contributed by atoms with E-state index in [1.807, 2.05) is 18.2 Å². The van der Waals surface area contributed by atoms with Crippen LogP contribution in [-0.2, 0) is 0 Å². The molecule has 0 atom stereocenters. The zero-order chi connectivity index (χ0) is 10.1. The molecule has 14 heavy (non-hydrogen) atoms. The zero-order valence-electron chi connectivity index (χ0n) is 8.24. The van der Waals surface area contributed by atoms with Crippen LogP contribution in [-0.4, -0.2) is 4.98 Å². The number of fused-ring (bicyclic) bond motifs is 1. The van der Waals surface area contributed by atoms with Crippen molar-refractivity contribution in [2.24, 2.45) is 5.84 Å². The third-order valence-corrected chi connectivity index (χ3v) is 2.20. The molecule has 0 aliphatic heterocycles. The van der Waals surface area contributed by atoms with Gasteiger partial charge in [-0.1, -0.05) is 19.9 Å². The molecular weight excluding hydrogens is 178 g/mol. The molecule has 3 N–H and O–H groups in total. The lowest BCUT2D eigenvalue weighted by molar-refractivity contribution is 0.616. The molecule has 0 aliphatic rings. The van der Waals surface area contributed by atoms with Crippen LogP contribution in [0.4, 0.5) is 6.01 Å². The third kappa shape index (κ3) is 1.44. The van der Waals surface area contributed by atoms with Crippen molar-refractivity contribution in [2.45, 2.75) is 19.8 Å². The van der Waals surface area contributed by atoms with Gasteiger partial charge in [0.15, 0.2) is 5.58 Å². The quantitative estimate of drug-likeness (QED) is 0.564. The average molecular weight is 191 g/mol. The number of hydrazine groups is 1. The maximum absolute atomic E-state index is 5.30. The van der Waals surface area contributed by atoms with E-state index < -0.39 is 0 Å². The number of nitrogen functional groups attached to an aromatic ring is 1. The minimum atomic E-state index is 0.348. The van der Waals surface area contributed by atoms with E-state index in [1.165, 1.54) is 5.56 Å². The topological polar surface area (TPSA) is 64.1 Å². The molecule has 0 aliphatic carbocycles. The van der Waals surface area contributed by atoms with Crippen LogP contribution < -0.4 is 11.3 Å². The summed E-state index contributed by atoms with van der Waals surface area (Å²) in [5.41, 5.74) is 5.22. The summed E-state index contributed by atoms with van der Waals surface area (Å²) in [6.07, 6.45) is 0. The molecule has 0 amide bonds. The minimum absolute atomic E-state index is 0.348. The molecule has 0 saturated heterocycles. The van der Waals surface area contributed by atoms with Crippen molar-refractivity contribution in [3.63, 3.8) is 0 Å². The molecule has 0 saturated carbocycles. The Morgan fingerprint density at radius 1 is 1.43 bits per heavy atom. The third-order valence-electron chi connectivity index (χ3n) is 2.20. The lowest BCUT2D eigenvalue weighted by Gasteiger charge is -2.02. The summed E-state index contributed by atoms with van der Waals surface area (Å²) in [6, 6.07) is 6.32. The van der Waals surface area contributed by atoms with Gasteiger partial charge in [0.2, 0.25) is 0 Å². The van der Waals surface area contributed by atoms with Gasteiger partial charge < -0.3 is 4.42 Å². The Bertz CT molecular complexity index is 448. The van der Waals surface area contributed by atoms with Gasteiger partial charge in [0.05, 0.1) is 0 Å². The number of nitrogens with zero attached hydrogens (tertiary/aromatic N) is 1. The van der Waals surface area contributed by atoms with Gasteiger partial charge in [0, 0.05) is 0 Å². The predicted molar refractivity (Wildman–Crippen MR) is 55.9 cm³/mol. The molecule has 0 unspecified atom stereocenters. The van der Waals surface area contributed by atoms with E-state index in [-0.39, 0.29) is 0 Å². The van der Waals surface area contributed by atoms with Crippen LogP contribution in [0.3, 0.4) is 0 Å². The Hall–Kier alpha value is -1.55. The summed E-state index contributed by atoms with van der Waals surface area (Å²) in [5, 5.41) is 0. The van der Waals surface area contributed by atoms with Gasteiger partial charge in [-0.25, -0.2) is 5.84 Å². The molecular formula is C10H13N3O. The summed E-state index contributed by atoms with van der Waals surface area (Å²) in [7, 11) is 0. The van der Waals surface area contributed by atoms with E-state index in [0.717, 1.165) is 11.1 Å². The van der Waals surface area contributed by atoms with Gasteiger partial charge in [-0.15, -0.1) is 0 Å². The first-order chi connectivity index (χ1) is 6.70. The molecule has 1 aromatic heterocycles. The largest absolute Gasteiger partial charge is 0.423 e. The van der Waals surface area contributed by atoms with Gasteiger partial charge >= 0.3 is 6.01 Å². The van der Waals surface area contributed by atoms with Crippen molar-refractivity contribution in [1.29, 1.82) is 0 Å². The fourth-order valence-electron chi connectivity index (χ4n) is 1.37. The average Bonchev–Trinajstić information content (AvgIpc) is 2.58. The van der Waals surface area contributed by atoms with E-state index in [0.29, 0.717) is 11.9 Å². The molecule has 0 spiro atoms. The van der Waals surface area contributed by atoms with Crippen LogP contribution in [0.5, 0.6) is 0 Å². The van der Waals surface area contributed by atoms with E-state index in [2.05, 4.69) is 24.3 Å². The van der Waals surface area contributed by atoms with Crippen molar-refractivity contribution in [3.8, 4) is 0 Å². The van der Waals surface area contributed by atoms with Gasteiger partial charge in [-0.3, -0.25) is 5.43 Å². The van der Waals surface area contributed by atoms with E-state index >= 15 is 0 Å². The normalized spacial score (nSPS) is 11.1. The minimum Gasteiger partial charge on any atom is -0.423 e. The highest BCUT2D eigenvalue weighted by atomic mass is 16.4. The Morgan fingerprint density at radius 3 is 2.86 bits per heavy atom. The van der Waals surface area contributed by atoms with Crippen LogP contribution in [0.1, 0.15) is 25.3 Å². The Kier molecular flexibility index (Phi) is 2.13. The second kappa shape index (κ2) is 3.31. The van der Waals surface area contributed by atoms with Crippen molar-refractivity contribution >= 4 is 17.1 Å². The smallest absolute Gasteiger partial charge is 0.310 e. The summed E-state index contributed by atoms with van der Waals surface area (Å²) >= 11 is 0. The number of hydrogen-bond acceptors (Lipinski definition) is 4. The SMILES string of the molecule is CC(C)c1ccc2oc(NN)nc2c1. The fraction of sp³-hybridized carbons (Fsp3) is 0.300. The van der Waals surface area contributed by atoms with Gasteiger partial charge in [-0.2, -0.15) is 4.98 Å². The van der Waals surface area contributed by atoms with Crippen molar-refractivity contribution in [3.05, 3.63) is 23.8 Å². The molecule has 0 radical (unpaired) electrons. The molecule has 4 heteroatoms. The summed E-state index contributed by atoms with van der Waals surface area (Å²) in [6.45, 7) is 4.28.